The maximum Gasteiger partial charge on any atom is 0.144 e. The van der Waals surface area contributed by atoms with Crippen LogP contribution < -0.4 is 10.5 Å². The summed E-state index contributed by atoms with van der Waals surface area (Å²) in [5.74, 6) is 0.0581. The molecule has 0 aliphatic rings. The summed E-state index contributed by atoms with van der Waals surface area (Å²) in [4.78, 5) is 0. The molecule has 5 heteroatoms. The van der Waals surface area contributed by atoms with E-state index in [0.717, 1.165) is 0 Å². The number of hydrogen-bond donors (Lipinski definition) is 1. The molecule has 1 atom stereocenters. The normalized spacial score (nSPS) is 12.5. The van der Waals surface area contributed by atoms with E-state index in [2.05, 4.69) is 15.9 Å². The summed E-state index contributed by atoms with van der Waals surface area (Å²) in [5, 5.41) is 0. The number of hydrogen-bond acceptors (Lipinski definition) is 3. The second kappa shape index (κ2) is 6.06. The first-order valence-electron chi connectivity index (χ1n) is 5.03. The summed E-state index contributed by atoms with van der Waals surface area (Å²) in [5.41, 5.74) is 5.92. The number of ether oxygens (including phenoxy) is 2. The minimum Gasteiger partial charge on any atom is -0.486 e. The number of anilines is 1. The van der Waals surface area contributed by atoms with E-state index in [0.29, 0.717) is 23.4 Å². The number of nitrogens with two attached hydrogens (primary N) is 1. The molecule has 0 heterocycles. The standard InChI is InChI=1S/C11H15BrFNO2/c1-3-15-6-7(2)16-11-4-8(12)9(13)5-10(11)14/h4-5,7H,3,6,14H2,1-2H3. The zero-order chi connectivity index (χ0) is 12.1. The van der Waals surface area contributed by atoms with Crippen molar-refractivity contribution in [2.45, 2.75) is 20.0 Å². The highest BCUT2D eigenvalue weighted by Crippen LogP contribution is 2.29. The minimum atomic E-state index is -0.401. The molecule has 0 saturated heterocycles. The zero-order valence-corrected chi connectivity index (χ0v) is 10.9. The molecule has 2 N–H and O–H groups in total. The molecule has 1 aromatic carbocycles. The SMILES string of the molecule is CCOCC(C)Oc1cc(Br)c(F)cc1N. The van der Waals surface area contributed by atoms with Crippen LogP contribution in [0.1, 0.15) is 13.8 Å². The molecule has 1 rings (SSSR count). The number of halogens is 2. The van der Waals surface area contributed by atoms with Gasteiger partial charge in [-0.05, 0) is 35.8 Å². The predicted molar refractivity (Wildman–Crippen MR) is 65.1 cm³/mol. The van der Waals surface area contributed by atoms with Crippen molar-refractivity contribution < 1.29 is 13.9 Å². The number of rotatable bonds is 5. The van der Waals surface area contributed by atoms with Gasteiger partial charge in [0.15, 0.2) is 0 Å². The van der Waals surface area contributed by atoms with Gasteiger partial charge in [-0.25, -0.2) is 4.39 Å². The second-order valence-electron chi connectivity index (χ2n) is 3.39. The average molecular weight is 292 g/mol. The van der Waals surface area contributed by atoms with Crippen molar-refractivity contribution in [1.29, 1.82) is 0 Å². The Kier molecular flexibility index (Phi) is 5.02. The summed E-state index contributed by atoms with van der Waals surface area (Å²) in [6.07, 6.45) is -0.125. The fraction of sp³-hybridized carbons (Fsp3) is 0.455. The fourth-order valence-corrected chi connectivity index (χ4v) is 1.50. The van der Waals surface area contributed by atoms with Gasteiger partial charge in [-0.15, -0.1) is 0 Å². The van der Waals surface area contributed by atoms with Gasteiger partial charge in [0.2, 0.25) is 0 Å². The van der Waals surface area contributed by atoms with Gasteiger partial charge in [0, 0.05) is 12.7 Å². The van der Waals surface area contributed by atoms with Crippen LogP contribution in [0.3, 0.4) is 0 Å². The van der Waals surface area contributed by atoms with Crippen LogP contribution in [0, 0.1) is 5.82 Å². The lowest BCUT2D eigenvalue weighted by atomic mass is 10.3. The monoisotopic (exact) mass is 291 g/mol. The Balaban J connectivity index is 2.69. The maximum absolute atomic E-state index is 13.1. The molecule has 0 bridgehead atoms. The largest absolute Gasteiger partial charge is 0.486 e. The Morgan fingerprint density at radius 2 is 2.19 bits per heavy atom. The third-order valence-electron chi connectivity index (χ3n) is 1.94. The summed E-state index contributed by atoms with van der Waals surface area (Å²) in [7, 11) is 0. The Morgan fingerprint density at radius 3 is 2.81 bits per heavy atom. The van der Waals surface area contributed by atoms with E-state index in [4.69, 9.17) is 15.2 Å². The molecule has 0 aliphatic carbocycles. The number of nitrogen functional groups attached to an aromatic ring is 1. The molecule has 0 fully saturated rings. The molecule has 90 valence electrons. The maximum atomic E-state index is 13.1. The van der Waals surface area contributed by atoms with Gasteiger partial charge >= 0.3 is 0 Å². The zero-order valence-electron chi connectivity index (χ0n) is 9.30. The van der Waals surface area contributed by atoms with Crippen LogP contribution in [0.25, 0.3) is 0 Å². The summed E-state index contributed by atoms with van der Waals surface area (Å²) in [6, 6.07) is 2.75. The smallest absolute Gasteiger partial charge is 0.144 e. The van der Waals surface area contributed by atoms with E-state index < -0.39 is 5.82 Å². The molecule has 1 unspecified atom stereocenters. The lowest BCUT2D eigenvalue weighted by molar-refractivity contribution is 0.0660. The van der Waals surface area contributed by atoms with Crippen molar-refractivity contribution in [3.8, 4) is 5.75 Å². The van der Waals surface area contributed by atoms with Crippen molar-refractivity contribution >= 4 is 21.6 Å². The van der Waals surface area contributed by atoms with Gasteiger partial charge in [-0.3, -0.25) is 0 Å². The molecule has 0 radical (unpaired) electrons. The minimum absolute atomic E-state index is 0.125. The highest BCUT2D eigenvalue weighted by atomic mass is 79.9. The van der Waals surface area contributed by atoms with E-state index in [9.17, 15) is 4.39 Å². The molecular formula is C11H15BrFNO2. The highest BCUT2D eigenvalue weighted by Gasteiger charge is 2.10. The van der Waals surface area contributed by atoms with Crippen LogP contribution in [0.4, 0.5) is 10.1 Å². The number of benzene rings is 1. The first-order valence-corrected chi connectivity index (χ1v) is 5.82. The highest BCUT2D eigenvalue weighted by molar-refractivity contribution is 9.10. The first kappa shape index (κ1) is 13.3. The molecule has 0 saturated carbocycles. The molecular weight excluding hydrogens is 277 g/mol. The van der Waals surface area contributed by atoms with Crippen LogP contribution in [0.2, 0.25) is 0 Å². The van der Waals surface area contributed by atoms with Crippen LogP contribution in [0.15, 0.2) is 16.6 Å². The van der Waals surface area contributed by atoms with E-state index >= 15 is 0 Å². The topological polar surface area (TPSA) is 44.5 Å². The van der Waals surface area contributed by atoms with Crippen LogP contribution in [-0.4, -0.2) is 19.3 Å². The Labute approximate surface area is 103 Å². The second-order valence-corrected chi connectivity index (χ2v) is 4.25. The molecule has 1 aromatic rings. The van der Waals surface area contributed by atoms with E-state index in [1.165, 1.54) is 12.1 Å². The van der Waals surface area contributed by atoms with Gasteiger partial charge in [-0.2, -0.15) is 0 Å². The summed E-state index contributed by atoms with van der Waals surface area (Å²) >= 11 is 3.08. The van der Waals surface area contributed by atoms with Crippen LogP contribution in [-0.2, 0) is 4.74 Å². The van der Waals surface area contributed by atoms with E-state index in [1.54, 1.807) is 0 Å². The van der Waals surface area contributed by atoms with Crippen molar-refractivity contribution in [3.05, 3.63) is 22.4 Å². The Hall–Kier alpha value is -0.810. The Bertz CT molecular complexity index is 360. The van der Waals surface area contributed by atoms with Crippen LogP contribution in [0.5, 0.6) is 5.75 Å². The van der Waals surface area contributed by atoms with Crippen molar-refractivity contribution in [2.24, 2.45) is 0 Å². The van der Waals surface area contributed by atoms with Gasteiger partial charge in [-0.1, -0.05) is 0 Å². The first-order chi connectivity index (χ1) is 7.54. The Morgan fingerprint density at radius 1 is 1.50 bits per heavy atom. The molecule has 0 spiro atoms. The average Bonchev–Trinajstić information content (AvgIpc) is 2.23. The van der Waals surface area contributed by atoms with Crippen molar-refractivity contribution in [3.63, 3.8) is 0 Å². The predicted octanol–water partition coefficient (Wildman–Crippen LogP) is 2.97. The third kappa shape index (κ3) is 3.64. The third-order valence-corrected chi connectivity index (χ3v) is 2.55. The van der Waals surface area contributed by atoms with Gasteiger partial charge in [0.25, 0.3) is 0 Å². The molecule has 3 nitrogen and oxygen atoms in total. The lowest BCUT2D eigenvalue weighted by Gasteiger charge is -2.16. The molecule has 0 aliphatic heterocycles. The fourth-order valence-electron chi connectivity index (χ4n) is 1.18. The van der Waals surface area contributed by atoms with E-state index in [1.807, 2.05) is 13.8 Å². The molecule has 0 aromatic heterocycles. The lowest BCUT2D eigenvalue weighted by Crippen LogP contribution is -2.19. The van der Waals surface area contributed by atoms with Gasteiger partial charge in [0.1, 0.15) is 17.7 Å². The van der Waals surface area contributed by atoms with Gasteiger partial charge < -0.3 is 15.2 Å². The van der Waals surface area contributed by atoms with Crippen molar-refractivity contribution in [2.75, 3.05) is 18.9 Å². The summed E-state index contributed by atoms with van der Waals surface area (Å²) in [6.45, 7) is 4.89. The van der Waals surface area contributed by atoms with E-state index in [-0.39, 0.29) is 11.8 Å². The molecule has 16 heavy (non-hydrogen) atoms. The summed E-state index contributed by atoms with van der Waals surface area (Å²) < 4.78 is 24.2. The quantitative estimate of drug-likeness (QED) is 0.849. The van der Waals surface area contributed by atoms with Gasteiger partial charge in [0.05, 0.1) is 16.8 Å². The van der Waals surface area contributed by atoms with Crippen LogP contribution >= 0.6 is 15.9 Å². The van der Waals surface area contributed by atoms with Crippen molar-refractivity contribution in [1.82, 2.24) is 0 Å². The molecule has 0 amide bonds.